The smallest absolute Gasteiger partial charge is 0.222 e. The van der Waals surface area contributed by atoms with Crippen LogP contribution in [0.2, 0.25) is 0 Å². The number of nitrogens with one attached hydrogen (secondary N) is 1. The number of rotatable bonds is 10. The molecule has 1 aromatic carbocycles. The van der Waals surface area contributed by atoms with Crippen LogP contribution in [0.5, 0.6) is 5.75 Å². The van der Waals surface area contributed by atoms with Crippen LogP contribution in [0.4, 0.5) is 11.8 Å². The van der Waals surface area contributed by atoms with E-state index < -0.39 is 0 Å². The fourth-order valence-corrected chi connectivity index (χ4v) is 4.24. The zero-order valence-electron chi connectivity index (χ0n) is 19.9. The molecule has 33 heavy (non-hydrogen) atoms. The van der Waals surface area contributed by atoms with Gasteiger partial charge in [-0.05, 0) is 30.9 Å². The van der Waals surface area contributed by atoms with Gasteiger partial charge in [-0.3, -0.25) is 4.68 Å². The van der Waals surface area contributed by atoms with Gasteiger partial charge in [-0.1, -0.05) is 25.5 Å². The summed E-state index contributed by atoms with van der Waals surface area (Å²) in [6.07, 6.45) is 6.06. The molecule has 0 spiro atoms. The van der Waals surface area contributed by atoms with Crippen molar-refractivity contribution in [3.05, 3.63) is 35.5 Å². The van der Waals surface area contributed by atoms with Crippen molar-refractivity contribution in [2.24, 2.45) is 0 Å². The Kier molecular flexibility index (Phi) is 7.61. The predicted octanol–water partition coefficient (Wildman–Crippen LogP) is 2.97. The van der Waals surface area contributed by atoms with Crippen LogP contribution < -0.4 is 20.7 Å². The summed E-state index contributed by atoms with van der Waals surface area (Å²) in [7, 11) is 3.75. The first-order chi connectivity index (χ1) is 16.1. The number of ether oxygens (including phenoxy) is 2. The van der Waals surface area contributed by atoms with Crippen molar-refractivity contribution < 1.29 is 9.47 Å². The van der Waals surface area contributed by atoms with Crippen molar-refractivity contribution in [3.8, 4) is 5.75 Å². The Morgan fingerprint density at radius 2 is 2.09 bits per heavy atom. The summed E-state index contributed by atoms with van der Waals surface area (Å²) in [6, 6.07) is 6.89. The number of unbranched alkanes of at least 4 members (excludes halogenated alkanes) is 1. The Labute approximate surface area is 195 Å². The van der Waals surface area contributed by atoms with E-state index in [1.165, 1.54) is 5.56 Å². The maximum absolute atomic E-state index is 5.98. The second-order valence-corrected chi connectivity index (χ2v) is 8.63. The molecule has 3 heterocycles. The molecule has 2 aromatic heterocycles. The summed E-state index contributed by atoms with van der Waals surface area (Å²) in [6.45, 7) is 6.11. The van der Waals surface area contributed by atoms with E-state index in [9.17, 15) is 0 Å². The molecule has 1 saturated heterocycles. The molecule has 0 radical (unpaired) electrons. The molecule has 9 nitrogen and oxygen atoms in total. The third-order valence-electron chi connectivity index (χ3n) is 6.18. The first kappa shape index (κ1) is 23.3. The van der Waals surface area contributed by atoms with E-state index in [0.29, 0.717) is 12.6 Å². The van der Waals surface area contributed by atoms with E-state index in [1.807, 2.05) is 11.7 Å². The summed E-state index contributed by atoms with van der Waals surface area (Å²) in [5, 5.41) is 8.24. The van der Waals surface area contributed by atoms with Crippen molar-refractivity contribution >= 4 is 22.8 Å². The Hall–Kier alpha value is -2.91. The minimum atomic E-state index is 0.263. The molecule has 3 N–H and O–H groups in total. The first-order valence-corrected chi connectivity index (χ1v) is 11.8. The van der Waals surface area contributed by atoms with Gasteiger partial charge >= 0.3 is 0 Å². The van der Waals surface area contributed by atoms with Crippen LogP contribution in [0.1, 0.15) is 43.7 Å². The van der Waals surface area contributed by atoms with Crippen molar-refractivity contribution in [2.45, 2.75) is 51.7 Å². The molecular weight excluding hydrogens is 418 g/mol. The first-order valence-electron chi connectivity index (χ1n) is 11.8. The van der Waals surface area contributed by atoms with Crippen LogP contribution in [-0.4, -0.2) is 59.7 Å². The largest absolute Gasteiger partial charge is 0.496 e. The van der Waals surface area contributed by atoms with Crippen molar-refractivity contribution in [3.63, 3.8) is 0 Å². The fourth-order valence-electron chi connectivity index (χ4n) is 4.24. The van der Waals surface area contributed by atoms with Crippen LogP contribution in [0.3, 0.4) is 0 Å². The zero-order valence-corrected chi connectivity index (χ0v) is 19.9. The molecule has 9 heteroatoms. The average Bonchev–Trinajstić information content (AvgIpc) is 3.24. The van der Waals surface area contributed by atoms with E-state index in [4.69, 9.17) is 15.2 Å². The normalized spacial score (nSPS) is 14.6. The Morgan fingerprint density at radius 1 is 1.27 bits per heavy atom. The lowest BCUT2D eigenvalue weighted by atomic mass is 10.1. The number of methoxy groups -OCH3 is 1. The molecule has 3 aromatic rings. The molecule has 0 bridgehead atoms. The van der Waals surface area contributed by atoms with Crippen LogP contribution in [0.15, 0.2) is 24.4 Å². The predicted molar refractivity (Wildman–Crippen MR) is 131 cm³/mol. The van der Waals surface area contributed by atoms with Gasteiger partial charge in [0.1, 0.15) is 16.8 Å². The van der Waals surface area contributed by atoms with E-state index in [1.54, 1.807) is 13.3 Å². The number of aromatic nitrogens is 4. The highest BCUT2D eigenvalue weighted by Gasteiger charge is 2.18. The highest BCUT2D eigenvalue weighted by atomic mass is 16.5. The summed E-state index contributed by atoms with van der Waals surface area (Å²) in [4.78, 5) is 11.1. The third kappa shape index (κ3) is 5.54. The van der Waals surface area contributed by atoms with Crippen molar-refractivity contribution in [1.82, 2.24) is 25.1 Å². The lowest BCUT2D eigenvalue weighted by molar-refractivity contribution is 0.0776. The average molecular weight is 454 g/mol. The quantitative estimate of drug-likeness (QED) is 0.483. The summed E-state index contributed by atoms with van der Waals surface area (Å²) < 4.78 is 13.1. The molecule has 1 aliphatic rings. The van der Waals surface area contributed by atoms with Crippen molar-refractivity contribution in [1.29, 1.82) is 0 Å². The molecule has 178 valence electrons. The number of nitrogens with zero attached hydrogens (tertiary/aromatic N) is 5. The highest BCUT2D eigenvalue weighted by molar-refractivity contribution is 5.87. The molecule has 1 aliphatic heterocycles. The molecule has 0 saturated carbocycles. The Morgan fingerprint density at radius 3 is 2.85 bits per heavy atom. The Bertz CT molecular complexity index is 1060. The number of anilines is 2. The molecule has 0 unspecified atom stereocenters. The van der Waals surface area contributed by atoms with Crippen LogP contribution in [0, 0.1) is 0 Å². The number of hydrogen-bond acceptors (Lipinski definition) is 8. The molecule has 4 rings (SSSR count). The molecule has 0 aliphatic carbocycles. The fraction of sp³-hybridized carbons (Fsp3) is 0.542. The van der Waals surface area contributed by atoms with Gasteiger partial charge in [0.2, 0.25) is 5.95 Å². The standard InChI is InChI=1S/C24H35N7O2/c1-4-5-10-30(2)23-22-20(28-24(25)29-23)15-27-31(22)16-18-7-6-17(13-21(18)32-3)14-26-19-8-11-33-12-9-19/h6-7,13,15,19,26H,4-5,8-12,14,16H2,1-3H3,(H2,25,28,29). The highest BCUT2D eigenvalue weighted by Crippen LogP contribution is 2.27. The van der Waals surface area contributed by atoms with Crippen LogP contribution in [-0.2, 0) is 17.8 Å². The summed E-state index contributed by atoms with van der Waals surface area (Å²) in [5.41, 5.74) is 9.86. The SMILES string of the molecule is CCCCN(C)c1nc(N)nc2cnn(Cc3ccc(CNC4CCOCC4)cc3OC)c12. The van der Waals surface area contributed by atoms with E-state index in [2.05, 4.69) is 50.4 Å². The van der Waals surface area contributed by atoms with Gasteiger partial charge in [-0.25, -0.2) is 4.98 Å². The zero-order chi connectivity index (χ0) is 23.2. The topological polar surface area (TPSA) is 103 Å². The van der Waals surface area contributed by atoms with E-state index in [0.717, 1.165) is 80.2 Å². The number of nitrogens with two attached hydrogens (primary N) is 1. The molecule has 0 atom stereocenters. The molecule has 1 fully saturated rings. The second-order valence-electron chi connectivity index (χ2n) is 8.63. The molecular formula is C24H35N7O2. The van der Waals surface area contributed by atoms with Gasteiger partial charge in [0.15, 0.2) is 5.82 Å². The minimum absolute atomic E-state index is 0.263. The summed E-state index contributed by atoms with van der Waals surface area (Å²) in [5.74, 6) is 1.92. The second kappa shape index (κ2) is 10.8. The third-order valence-corrected chi connectivity index (χ3v) is 6.18. The molecule has 0 amide bonds. The van der Waals surface area contributed by atoms with Gasteiger partial charge in [-0.15, -0.1) is 0 Å². The number of benzene rings is 1. The van der Waals surface area contributed by atoms with Gasteiger partial charge in [-0.2, -0.15) is 10.1 Å². The number of fused-ring (bicyclic) bond motifs is 1. The monoisotopic (exact) mass is 453 g/mol. The van der Waals surface area contributed by atoms with E-state index in [-0.39, 0.29) is 5.95 Å². The van der Waals surface area contributed by atoms with Crippen molar-refractivity contribution in [2.75, 3.05) is 44.5 Å². The number of nitrogen functional groups attached to an aromatic ring is 1. The maximum Gasteiger partial charge on any atom is 0.222 e. The van der Waals surface area contributed by atoms with Gasteiger partial charge < -0.3 is 25.4 Å². The lowest BCUT2D eigenvalue weighted by Gasteiger charge is -2.23. The minimum Gasteiger partial charge on any atom is -0.496 e. The Balaban J connectivity index is 1.56. The summed E-state index contributed by atoms with van der Waals surface area (Å²) >= 11 is 0. The lowest BCUT2D eigenvalue weighted by Crippen LogP contribution is -2.34. The van der Waals surface area contributed by atoms with Gasteiger partial charge in [0, 0.05) is 45.0 Å². The van der Waals surface area contributed by atoms with Gasteiger partial charge in [0.05, 0.1) is 19.9 Å². The van der Waals surface area contributed by atoms with Crippen LogP contribution >= 0.6 is 0 Å². The van der Waals surface area contributed by atoms with Gasteiger partial charge in [0.25, 0.3) is 0 Å². The van der Waals surface area contributed by atoms with E-state index >= 15 is 0 Å². The maximum atomic E-state index is 5.98. The van der Waals surface area contributed by atoms with Crippen LogP contribution in [0.25, 0.3) is 11.0 Å². The number of hydrogen-bond donors (Lipinski definition) is 2.